The van der Waals surface area contributed by atoms with Crippen molar-refractivity contribution in [1.29, 1.82) is 0 Å². The average molecular weight is 226 g/mol. The quantitative estimate of drug-likeness (QED) is 0.814. The van der Waals surface area contributed by atoms with Gasteiger partial charge in [-0.1, -0.05) is 12.1 Å². The lowest BCUT2D eigenvalue weighted by atomic mass is 10.2. The molecule has 0 fully saturated rings. The number of H-pyrrole nitrogens is 1. The van der Waals surface area contributed by atoms with Crippen molar-refractivity contribution in [2.24, 2.45) is 5.14 Å². The zero-order valence-electron chi connectivity index (χ0n) is 7.80. The monoisotopic (exact) mass is 226 g/mol. The SMILES string of the molecule is NS(=O)(=O)OCc1ccc2cc[nH]c2c1. The van der Waals surface area contributed by atoms with Crippen molar-refractivity contribution in [3.8, 4) is 0 Å². The number of fused-ring (bicyclic) bond motifs is 1. The Hall–Kier alpha value is -1.37. The molecule has 5 nitrogen and oxygen atoms in total. The van der Waals surface area contributed by atoms with E-state index in [0.717, 1.165) is 16.5 Å². The molecular formula is C9H10N2O3S. The van der Waals surface area contributed by atoms with Crippen molar-refractivity contribution in [1.82, 2.24) is 4.98 Å². The van der Waals surface area contributed by atoms with Gasteiger partial charge in [0.05, 0.1) is 6.61 Å². The number of aromatic nitrogens is 1. The first-order valence-electron chi connectivity index (χ1n) is 4.28. The second kappa shape index (κ2) is 3.65. The molecule has 15 heavy (non-hydrogen) atoms. The first-order chi connectivity index (χ1) is 7.04. The second-order valence-corrected chi connectivity index (χ2v) is 4.38. The Bertz CT molecular complexity index is 574. The molecular weight excluding hydrogens is 216 g/mol. The largest absolute Gasteiger partial charge is 0.361 e. The van der Waals surface area contributed by atoms with Crippen molar-refractivity contribution in [2.75, 3.05) is 0 Å². The van der Waals surface area contributed by atoms with Crippen LogP contribution in [0.1, 0.15) is 5.56 Å². The van der Waals surface area contributed by atoms with Crippen molar-refractivity contribution in [3.63, 3.8) is 0 Å². The highest BCUT2D eigenvalue weighted by molar-refractivity contribution is 7.84. The molecule has 1 heterocycles. The summed E-state index contributed by atoms with van der Waals surface area (Å²) in [7, 11) is -3.87. The summed E-state index contributed by atoms with van der Waals surface area (Å²) in [6.45, 7) is -0.0478. The van der Waals surface area contributed by atoms with Gasteiger partial charge in [-0.15, -0.1) is 0 Å². The third-order valence-corrected chi connectivity index (χ3v) is 2.46. The molecule has 0 atom stereocenters. The van der Waals surface area contributed by atoms with E-state index in [1.165, 1.54) is 0 Å². The summed E-state index contributed by atoms with van der Waals surface area (Å²) in [4.78, 5) is 3.02. The number of hydrogen-bond donors (Lipinski definition) is 2. The van der Waals surface area contributed by atoms with Crippen LogP contribution in [0.4, 0.5) is 0 Å². The summed E-state index contributed by atoms with van der Waals surface area (Å²) >= 11 is 0. The molecule has 6 heteroatoms. The lowest BCUT2D eigenvalue weighted by Gasteiger charge is -2.01. The average Bonchev–Trinajstić information content (AvgIpc) is 2.60. The summed E-state index contributed by atoms with van der Waals surface area (Å²) in [5, 5.41) is 5.78. The fourth-order valence-electron chi connectivity index (χ4n) is 1.33. The van der Waals surface area contributed by atoms with Crippen LogP contribution in [0.3, 0.4) is 0 Å². The Balaban J connectivity index is 2.21. The molecule has 0 aliphatic heterocycles. The highest BCUT2D eigenvalue weighted by Gasteiger charge is 2.03. The Kier molecular flexibility index (Phi) is 2.47. The molecule has 1 aromatic heterocycles. The van der Waals surface area contributed by atoms with Gasteiger partial charge in [-0.3, -0.25) is 4.18 Å². The van der Waals surface area contributed by atoms with E-state index in [9.17, 15) is 8.42 Å². The van der Waals surface area contributed by atoms with Crippen LogP contribution in [0, 0.1) is 0 Å². The van der Waals surface area contributed by atoms with Gasteiger partial charge < -0.3 is 4.98 Å². The molecule has 0 amide bonds. The van der Waals surface area contributed by atoms with E-state index >= 15 is 0 Å². The number of nitrogens with one attached hydrogen (secondary N) is 1. The van der Waals surface area contributed by atoms with E-state index < -0.39 is 10.3 Å². The van der Waals surface area contributed by atoms with Crippen molar-refractivity contribution in [3.05, 3.63) is 36.0 Å². The molecule has 0 radical (unpaired) electrons. The predicted octanol–water partition coefficient (Wildman–Crippen LogP) is 0.888. The van der Waals surface area contributed by atoms with Gasteiger partial charge >= 0.3 is 10.3 Å². The van der Waals surface area contributed by atoms with Gasteiger partial charge in [-0.25, -0.2) is 5.14 Å². The topological polar surface area (TPSA) is 85.2 Å². The molecule has 2 rings (SSSR count). The van der Waals surface area contributed by atoms with Crippen LogP contribution in [0.5, 0.6) is 0 Å². The van der Waals surface area contributed by atoms with Crippen LogP contribution in [-0.2, 0) is 21.1 Å². The van der Waals surface area contributed by atoms with Crippen LogP contribution in [0.25, 0.3) is 10.9 Å². The fourth-order valence-corrected chi connectivity index (χ4v) is 1.64. The van der Waals surface area contributed by atoms with Crippen molar-refractivity contribution < 1.29 is 12.6 Å². The number of rotatable bonds is 3. The first-order valence-corrected chi connectivity index (χ1v) is 5.75. The van der Waals surface area contributed by atoms with E-state index in [1.807, 2.05) is 24.4 Å². The van der Waals surface area contributed by atoms with E-state index in [2.05, 4.69) is 9.17 Å². The fraction of sp³-hybridized carbons (Fsp3) is 0.111. The van der Waals surface area contributed by atoms with Gasteiger partial charge in [-0.2, -0.15) is 8.42 Å². The lowest BCUT2D eigenvalue weighted by Crippen LogP contribution is -2.15. The summed E-state index contributed by atoms with van der Waals surface area (Å²) in [5.74, 6) is 0. The van der Waals surface area contributed by atoms with Gasteiger partial charge in [0.1, 0.15) is 0 Å². The number of nitrogens with two attached hydrogens (primary N) is 1. The number of aromatic amines is 1. The summed E-state index contributed by atoms with van der Waals surface area (Å²) in [5.41, 5.74) is 1.68. The minimum absolute atomic E-state index is 0.0478. The Morgan fingerprint density at radius 3 is 2.87 bits per heavy atom. The minimum Gasteiger partial charge on any atom is -0.361 e. The number of hydrogen-bond acceptors (Lipinski definition) is 3. The van der Waals surface area contributed by atoms with Gasteiger partial charge in [0.25, 0.3) is 0 Å². The van der Waals surface area contributed by atoms with Crippen LogP contribution in [-0.4, -0.2) is 13.4 Å². The van der Waals surface area contributed by atoms with Crippen LogP contribution in [0.15, 0.2) is 30.5 Å². The Morgan fingerprint density at radius 1 is 1.33 bits per heavy atom. The van der Waals surface area contributed by atoms with Gasteiger partial charge in [0, 0.05) is 11.7 Å². The molecule has 0 aliphatic carbocycles. The number of benzene rings is 1. The van der Waals surface area contributed by atoms with E-state index in [4.69, 9.17) is 5.14 Å². The lowest BCUT2D eigenvalue weighted by molar-refractivity contribution is 0.309. The summed E-state index contributed by atoms with van der Waals surface area (Å²) in [6, 6.07) is 7.43. The molecule has 0 aliphatic rings. The molecule has 1 aromatic carbocycles. The molecule has 0 spiro atoms. The Labute approximate surface area is 87.1 Å². The van der Waals surface area contributed by atoms with Crippen molar-refractivity contribution in [2.45, 2.75) is 6.61 Å². The maximum atomic E-state index is 10.6. The molecule has 0 bridgehead atoms. The summed E-state index contributed by atoms with van der Waals surface area (Å²) in [6.07, 6.45) is 1.81. The minimum atomic E-state index is -3.87. The van der Waals surface area contributed by atoms with Crippen LogP contribution < -0.4 is 5.14 Å². The van der Waals surface area contributed by atoms with Gasteiger partial charge in [0.2, 0.25) is 0 Å². The van der Waals surface area contributed by atoms with E-state index in [0.29, 0.717) is 0 Å². The van der Waals surface area contributed by atoms with Gasteiger partial charge in [-0.05, 0) is 23.1 Å². The maximum absolute atomic E-state index is 10.6. The van der Waals surface area contributed by atoms with Crippen LogP contribution in [0.2, 0.25) is 0 Å². The summed E-state index contributed by atoms with van der Waals surface area (Å²) < 4.78 is 25.6. The maximum Gasteiger partial charge on any atom is 0.333 e. The highest BCUT2D eigenvalue weighted by atomic mass is 32.2. The van der Waals surface area contributed by atoms with E-state index in [1.54, 1.807) is 6.07 Å². The predicted molar refractivity (Wildman–Crippen MR) is 56.2 cm³/mol. The van der Waals surface area contributed by atoms with E-state index in [-0.39, 0.29) is 6.61 Å². The molecule has 80 valence electrons. The molecule has 0 saturated carbocycles. The third-order valence-electron chi connectivity index (χ3n) is 2.01. The third kappa shape index (κ3) is 2.56. The highest BCUT2D eigenvalue weighted by Crippen LogP contribution is 2.14. The second-order valence-electron chi connectivity index (χ2n) is 3.15. The molecule has 0 unspecified atom stereocenters. The molecule has 2 aromatic rings. The van der Waals surface area contributed by atoms with Crippen LogP contribution >= 0.6 is 0 Å². The first kappa shape index (κ1) is 10.2. The Morgan fingerprint density at radius 2 is 2.13 bits per heavy atom. The molecule has 3 N–H and O–H groups in total. The van der Waals surface area contributed by atoms with Gasteiger partial charge in [0.15, 0.2) is 0 Å². The zero-order chi connectivity index (χ0) is 10.9. The smallest absolute Gasteiger partial charge is 0.333 e. The van der Waals surface area contributed by atoms with Crippen molar-refractivity contribution >= 4 is 21.2 Å². The standard InChI is InChI=1S/C9H10N2O3S/c10-15(12,13)14-6-7-1-2-8-3-4-11-9(8)5-7/h1-5,11H,6H2,(H2,10,12,13). The zero-order valence-corrected chi connectivity index (χ0v) is 8.62. The normalized spacial score (nSPS) is 12.1. The molecule has 0 saturated heterocycles.